The van der Waals surface area contributed by atoms with E-state index in [0.29, 0.717) is 25.4 Å². The summed E-state index contributed by atoms with van der Waals surface area (Å²) in [6.45, 7) is 3.88. The second-order valence-electron chi connectivity index (χ2n) is 5.49. The Hall–Kier alpha value is -1.33. The molecule has 1 aromatic heterocycles. The van der Waals surface area contributed by atoms with Gasteiger partial charge in [0.1, 0.15) is 0 Å². The molecule has 118 valence electrons. The normalized spacial score (nSPS) is 21.7. The third-order valence-electron chi connectivity index (χ3n) is 4.14. The van der Waals surface area contributed by atoms with Crippen molar-refractivity contribution in [2.24, 2.45) is 11.7 Å². The summed E-state index contributed by atoms with van der Waals surface area (Å²) in [5, 5.41) is 0. The van der Waals surface area contributed by atoms with Gasteiger partial charge in [0.05, 0.1) is 0 Å². The number of rotatable bonds is 4. The van der Waals surface area contributed by atoms with Crippen LogP contribution in [0.4, 0.5) is 0 Å². The number of piperidine rings is 1. The van der Waals surface area contributed by atoms with E-state index in [2.05, 4.69) is 6.92 Å². The van der Waals surface area contributed by atoms with Crippen molar-refractivity contribution in [1.29, 1.82) is 0 Å². The van der Waals surface area contributed by atoms with Crippen LogP contribution >= 0.6 is 12.4 Å². The first-order chi connectivity index (χ1) is 9.63. The molecule has 2 atom stereocenters. The van der Waals surface area contributed by atoms with Gasteiger partial charge in [0.15, 0.2) is 0 Å². The molecular formula is C15H24ClN3O2. The van der Waals surface area contributed by atoms with Gasteiger partial charge in [-0.05, 0) is 24.8 Å². The minimum absolute atomic E-state index is 0. The maximum absolute atomic E-state index is 12.4. The number of halogens is 1. The molecule has 0 aromatic carbocycles. The molecule has 1 aliphatic rings. The van der Waals surface area contributed by atoms with E-state index >= 15 is 0 Å². The first-order valence-corrected chi connectivity index (χ1v) is 7.28. The molecular weight excluding hydrogens is 290 g/mol. The van der Waals surface area contributed by atoms with Crippen LogP contribution in [-0.2, 0) is 11.3 Å². The molecule has 0 radical (unpaired) electrons. The Morgan fingerprint density at radius 2 is 2.19 bits per heavy atom. The third-order valence-corrected chi connectivity index (χ3v) is 4.14. The molecule has 2 rings (SSSR count). The summed E-state index contributed by atoms with van der Waals surface area (Å²) in [5.74, 6) is 0.555. The number of carbonyl (C=O) groups is 1. The van der Waals surface area contributed by atoms with E-state index in [-0.39, 0.29) is 29.9 Å². The molecule has 2 heterocycles. The SMILES string of the molecule is CC1CCCN(C(=O)CCn2ccccc2=O)C1CN.Cl. The monoisotopic (exact) mass is 313 g/mol. The van der Waals surface area contributed by atoms with Gasteiger partial charge in [-0.3, -0.25) is 9.59 Å². The summed E-state index contributed by atoms with van der Waals surface area (Å²) in [4.78, 5) is 25.9. The number of hydrogen-bond donors (Lipinski definition) is 1. The van der Waals surface area contributed by atoms with Gasteiger partial charge in [0, 0.05) is 44.4 Å². The summed E-state index contributed by atoms with van der Waals surface area (Å²) < 4.78 is 1.57. The van der Waals surface area contributed by atoms with Crippen molar-refractivity contribution < 1.29 is 4.79 Å². The molecule has 0 spiro atoms. The number of amides is 1. The Morgan fingerprint density at radius 1 is 1.43 bits per heavy atom. The van der Waals surface area contributed by atoms with Gasteiger partial charge < -0.3 is 15.2 Å². The lowest BCUT2D eigenvalue weighted by Crippen LogP contribution is -2.51. The lowest BCUT2D eigenvalue weighted by Gasteiger charge is -2.39. The number of pyridine rings is 1. The zero-order valence-electron chi connectivity index (χ0n) is 12.4. The Kier molecular flexibility index (Phi) is 6.92. The summed E-state index contributed by atoms with van der Waals surface area (Å²) in [6, 6.07) is 5.16. The number of hydrogen-bond acceptors (Lipinski definition) is 3. The van der Waals surface area contributed by atoms with E-state index in [1.807, 2.05) is 4.90 Å². The number of nitrogens with two attached hydrogens (primary N) is 1. The zero-order chi connectivity index (χ0) is 14.5. The summed E-state index contributed by atoms with van der Waals surface area (Å²) in [6.07, 6.45) is 4.24. The van der Waals surface area contributed by atoms with E-state index in [1.54, 1.807) is 22.9 Å². The average molecular weight is 314 g/mol. The van der Waals surface area contributed by atoms with E-state index in [4.69, 9.17) is 5.73 Å². The van der Waals surface area contributed by atoms with Crippen molar-refractivity contribution in [2.75, 3.05) is 13.1 Å². The smallest absolute Gasteiger partial charge is 0.250 e. The second kappa shape index (κ2) is 8.20. The highest BCUT2D eigenvalue weighted by molar-refractivity contribution is 5.85. The molecule has 1 fully saturated rings. The summed E-state index contributed by atoms with van der Waals surface area (Å²) >= 11 is 0. The first kappa shape index (κ1) is 17.7. The molecule has 0 saturated carbocycles. The molecule has 0 bridgehead atoms. The Morgan fingerprint density at radius 3 is 2.86 bits per heavy atom. The largest absolute Gasteiger partial charge is 0.338 e. The molecule has 2 N–H and O–H groups in total. The molecule has 1 amide bonds. The second-order valence-corrected chi connectivity index (χ2v) is 5.49. The molecule has 1 aromatic rings. The quantitative estimate of drug-likeness (QED) is 0.909. The van der Waals surface area contributed by atoms with Crippen molar-refractivity contribution in [1.82, 2.24) is 9.47 Å². The molecule has 5 nitrogen and oxygen atoms in total. The topological polar surface area (TPSA) is 68.3 Å². The number of nitrogens with zero attached hydrogens (tertiary/aromatic N) is 2. The third kappa shape index (κ3) is 4.32. The minimum Gasteiger partial charge on any atom is -0.338 e. The van der Waals surface area contributed by atoms with Crippen LogP contribution in [0.25, 0.3) is 0 Å². The molecule has 0 aliphatic carbocycles. The minimum atomic E-state index is -0.0670. The van der Waals surface area contributed by atoms with Crippen molar-refractivity contribution in [3.8, 4) is 0 Å². The average Bonchev–Trinajstić information content (AvgIpc) is 2.46. The standard InChI is InChI=1S/C15H23N3O2.ClH/c1-12-5-4-9-18(13(12)11-16)15(20)7-10-17-8-3-2-6-14(17)19;/h2-3,6,8,12-13H,4-5,7,9-11,16H2,1H3;1H. The van der Waals surface area contributed by atoms with Gasteiger partial charge in [-0.15, -0.1) is 12.4 Å². The van der Waals surface area contributed by atoms with Crippen LogP contribution in [-0.4, -0.2) is 34.5 Å². The highest BCUT2D eigenvalue weighted by atomic mass is 35.5. The molecule has 1 saturated heterocycles. The first-order valence-electron chi connectivity index (χ1n) is 7.28. The Labute approximate surface area is 131 Å². The Balaban J connectivity index is 0.00000220. The van der Waals surface area contributed by atoms with E-state index < -0.39 is 0 Å². The van der Waals surface area contributed by atoms with Crippen molar-refractivity contribution in [3.63, 3.8) is 0 Å². The number of likely N-dealkylation sites (tertiary alicyclic amines) is 1. The van der Waals surface area contributed by atoms with Crippen LogP contribution in [0.5, 0.6) is 0 Å². The maximum Gasteiger partial charge on any atom is 0.250 e. The fourth-order valence-corrected chi connectivity index (χ4v) is 2.92. The molecule has 2 unspecified atom stereocenters. The molecule has 6 heteroatoms. The summed E-state index contributed by atoms with van der Waals surface area (Å²) in [5.41, 5.74) is 5.74. The number of aryl methyl sites for hydroxylation is 1. The van der Waals surface area contributed by atoms with Crippen LogP contribution in [0.2, 0.25) is 0 Å². The zero-order valence-corrected chi connectivity index (χ0v) is 13.2. The van der Waals surface area contributed by atoms with Crippen LogP contribution in [0.1, 0.15) is 26.2 Å². The number of carbonyl (C=O) groups excluding carboxylic acids is 1. The van der Waals surface area contributed by atoms with Gasteiger partial charge in [-0.1, -0.05) is 13.0 Å². The predicted molar refractivity (Wildman–Crippen MR) is 85.5 cm³/mol. The van der Waals surface area contributed by atoms with Gasteiger partial charge in [-0.25, -0.2) is 0 Å². The van der Waals surface area contributed by atoms with Gasteiger partial charge in [0.25, 0.3) is 5.56 Å². The van der Waals surface area contributed by atoms with E-state index in [0.717, 1.165) is 19.4 Å². The van der Waals surface area contributed by atoms with Crippen molar-refractivity contribution >= 4 is 18.3 Å². The fraction of sp³-hybridized carbons (Fsp3) is 0.600. The predicted octanol–water partition coefficient (Wildman–Crippen LogP) is 1.25. The van der Waals surface area contributed by atoms with Crippen LogP contribution in [0.3, 0.4) is 0 Å². The highest BCUT2D eigenvalue weighted by Crippen LogP contribution is 2.23. The van der Waals surface area contributed by atoms with E-state index in [1.165, 1.54) is 6.07 Å². The lowest BCUT2D eigenvalue weighted by molar-refractivity contribution is -0.136. The Bertz CT molecular complexity index is 518. The molecule has 21 heavy (non-hydrogen) atoms. The summed E-state index contributed by atoms with van der Waals surface area (Å²) in [7, 11) is 0. The maximum atomic E-state index is 12.4. The van der Waals surface area contributed by atoms with E-state index in [9.17, 15) is 9.59 Å². The van der Waals surface area contributed by atoms with Gasteiger partial charge >= 0.3 is 0 Å². The van der Waals surface area contributed by atoms with Crippen LogP contribution in [0.15, 0.2) is 29.2 Å². The van der Waals surface area contributed by atoms with Gasteiger partial charge in [-0.2, -0.15) is 0 Å². The number of aromatic nitrogens is 1. The molecule has 1 aliphatic heterocycles. The van der Waals surface area contributed by atoms with Gasteiger partial charge in [0.2, 0.25) is 5.91 Å². The highest BCUT2D eigenvalue weighted by Gasteiger charge is 2.30. The lowest BCUT2D eigenvalue weighted by atomic mass is 9.90. The van der Waals surface area contributed by atoms with Crippen molar-refractivity contribution in [2.45, 2.75) is 38.8 Å². The van der Waals surface area contributed by atoms with Crippen molar-refractivity contribution in [3.05, 3.63) is 34.7 Å². The fourth-order valence-electron chi connectivity index (χ4n) is 2.92. The van der Waals surface area contributed by atoms with Crippen LogP contribution < -0.4 is 11.3 Å². The van der Waals surface area contributed by atoms with Crippen LogP contribution in [0, 0.1) is 5.92 Å².